The number of hydrogen-bond donors (Lipinski definition) is 1. The third-order valence-corrected chi connectivity index (χ3v) is 9.03. The van der Waals surface area contributed by atoms with Crippen LogP contribution in [0, 0.1) is 0 Å². The van der Waals surface area contributed by atoms with Gasteiger partial charge in [0.1, 0.15) is 5.00 Å². The van der Waals surface area contributed by atoms with E-state index in [2.05, 4.69) is 101 Å². The molecular weight excluding hydrogens is 476 g/mol. The zero-order valence-corrected chi connectivity index (χ0v) is 22.4. The Kier molecular flexibility index (Phi) is 6.51. The molecule has 1 aliphatic carbocycles. The molecule has 2 aromatic carbocycles. The summed E-state index contributed by atoms with van der Waals surface area (Å²) in [7, 11) is 4.11. The van der Waals surface area contributed by atoms with Crippen LogP contribution in [0.25, 0.3) is 5.00 Å². The summed E-state index contributed by atoms with van der Waals surface area (Å²) >= 11 is 1.93. The largest absolute Gasteiger partial charge is 0.378 e. The van der Waals surface area contributed by atoms with Gasteiger partial charge in [-0.15, -0.1) is 11.3 Å². The van der Waals surface area contributed by atoms with Gasteiger partial charge < -0.3 is 19.7 Å². The highest BCUT2D eigenvalue weighted by atomic mass is 32.1. The van der Waals surface area contributed by atoms with Crippen LogP contribution in [0.15, 0.2) is 72.9 Å². The van der Waals surface area contributed by atoms with Crippen molar-refractivity contribution in [2.45, 2.75) is 44.7 Å². The lowest BCUT2D eigenvalue weighted by molar-refractivity contribution is 0.180. The number of aryl methyl sites for hydroxylation is 1. The molecule has 6 heteroatoms. The molecule has 0 saturated carbocycles. The average Bonchev–Trinajstić information content (AvgIpc) is 3.51. The van der Waals surface area contributed by atoms with Gasteiger partial charge in [0, 0.05) is 43.0 Å². The number of fused-ring (bicyclic) bond motifs is 5. The van der Waals surface area contributed by atoms with Crippen LogP contribution in [-0.2, 0) is 25.8 Å². The molecule has 5 nitrogen and oxygen atoms in total. The van der Waals surface area contributed by atoms with Gasteiger partial charge in [-0.05, 0) is 73.1 Å². The molecule has 6 rings (SSSR count). The van der Waals surface area contributed by atoms with Crippen LogP contribution in [0.5, 0.6) is 0 Å². The number of rotatable bonds is 5. The summed E-state index contributed by atoms with van der Waals surface area (Å²) < 4.78 is 2.35. The first-order valence-corrected chi connectivity index (χ1v) is 14.1. The minimum absolute atomic E-state index is 0.00558. The van der Waals surface area contributed by atoms with Gasteiger partial charge in [0.2, 0.25) is 0 Å². The second-order valence-electron chi connectivity index (χ2n) is 10.3. The quantitative estimate of drug-likeness (QED) is 0.340. The number of nitrogens with zero attached hydrogens (tertiary/aromatic N) is 3. The van der Waals surface area contributed by atoms with Crippen molar-refractivity contribution in [1.82, 2.24) is 14.8 Å². The minimum Gasteiger partial charge on any atom is -0.378 e. The van der Waals surface area contributed by atoms with E-state index in [0.29, 0.717) is 13.1 Å². The van der Waals surface area contributed by atoms with E-state index >= 15 is 0 Å². The van der Waals surface area contributed by atoms with E-state index in [9.17, 15) is 4.79 Å². The van der Waals surface area contributed by atoms with Crippen LogP contribution in [0.3, 0.4) is 0 Å². The third-order valence-electron chi connectivity index (χ3n) is 7.70. The molecule has 0 radical (unpaired) electrons. The number of hydrogen-bond acceptors (Lipinski definition) is 3. The summed E-state index contributed by atoms with van der Waals surface area (Å²) in [5, 5.41) is 4.55. The zero-order valence-electron chi connectivity index (χ0n) is 21.6. The van der Waals surface area contributed by atoms with E-state index < -0.39 is 0 Å². The molecule has 2 aliphatic rings. The van der Waals surface area contributed by atoms with Crippen LogP contribution in [0.1, 0.15) is 51.7 Å². The highest BCUT2D eigenvalue weighted by Gasteiger charge is 2.36. The van der Waals surface area contributed by atoms with Crippen molar-refractivity contribution in [3.63, 3.8) is 0 Å². The van der Waals surface area contributed by atoms with E-state index in [1.54, 1.807) is 0 Å². The molecular formula is C31H34N4OS. The molecule has 0 spiro atoms. The summed E-state index contributed by atoms with van der Waals surface area (Å²) in [6.07, 6.45) is 7.75. The third kappa shape index (κ3) is 4.55. The van der Waals surface area contributed by atoms with Crippen molar-refractivity contribution in [2.75, 3.05) is 25.5 Å². The van der Waals surface area contributed by atoms with E-state index in [-0.39, 0.29) is 12.1 Å². The number of amides is 2. The van der Waals surface area contributed by atoms with Crippen molar-refractivity contribution >= 4 is 23.1 Å². The second kappa shape index (κ2) is 10.1. The Balaban J connectivity index is 1.38. The first kappa shape index (κ1) is 23.9. The molecule has 1 atom stereocenters. The van der Waals surface area contributed by atoms with Gasteiger partial charge in [-0.2, -0.15) is 0 Å². The fraction of sp³-hybridized carbons (Fsp3) is 0.323. The maximum atomic E-state index is 13.9. The van der Waals surface area contributed by atoms with E-state index in [0.717, 1.165) is 36.2 Å². The summed E-state index contributed by atoms with van der Waals surface area (Å²) in [5.74, 6) is 0. The fourth-order valence-corrected chi connectivity index (χ4v) is 7.16. The number of nitrogens with one attached hydrogen (secondary N) is 1. The molecule has 190 valence electrons. The predicted molar refractivity (Wildman–Crippen MR) is 152 cm³/mol. The lowest BCUT2D eigenvalue weighted by Crippen LogP contribution is -2.42. The number of benzene rings is 2. The summed E-state index contributed by atoms with van der Waals surface area (Å²) in [6, 6.07) is 23.1. The standard InChI is InChI=1S/C31H34N4OS/c1-33(2)24-16-14-23(15-17-24)29-27-12-8-20-34(27)30-26(25-11-6-7-13-28(25)37-30)21-35(29)31(36)32-19-18-22-9-4-3-5-10-22/h3-5,8-10,12,14-17,20,29H,6-7,11,13,18-19,21H2,1-2H3,(H,32,36)/t29-/m1/s1. The van der Waals surface area contributed by atoms with E-state index in [1.165, 1.54) is 39.4 Å². The SMILES string of the molecule is CN(C)c1ccc([C@@H]2c3cccn3-c3sc4c(c3CN2C(=O)NCCc2ccccc2)CCCC4)cc1. The highest BCUT2D eigenvalue weighted by molar-refractivity contribution is 7.15. The molecule has 3 heterocycles. The van der Waals surface area contributed by atoms with Crippen LogP contribution in [-0.4, -0.2) is 36.1 Å². The van der Waals surface area contributed by atoms with E-state index in [4.69, 9.17) is 0 Å². The number of carbonyl (C=O) groups is 1. The monoisotopic (exact) mass is 510 g/mol. The molecule has 37 heavy (non-hydrogen) atoms. The topological polar surface area (TPSA) is 40.5 Å². The Morgan fingerprint density at radius 2 is 1.76 bits per heavy atom. The molecule has 0 unspecified atom stereocenters. The Hall–Kier alpha value is -3.51. The predicted octanol–water partition coefficient (Wildman–Crippen LogP) is 6.34. The Labute approximate surface area is 223 Å². The van der Waals surface area contributed by atoms with Crippen LogP contribution >= 0.6 is 11.3 Å². The fourth-order valence-electron chi connectivity index (χ4n) is 5.75. The summed E-state index contributed by atoms with van der Waals surface area (Å²) in [4.78, 5) is 19.6. The second-order valence-corrected chi connectivity index (χ2v) is 11.4. The molecule has 1 N–H and O–H groups in total. The molecule has 1 aliphatic heterocycles. The van der Waals surface area contributed by atoms with Gasteiger partial charge in [-0.3, -0.25) is 0 Å². The normalized spacial score (nSPS) is 16.4. The summed E-state index contributed by atoms with van der Waals surface area (Å²) in [6.45, 7) is 1.24. The smallest absolute Gasteiger partial charge is 0.318 e. The molecule has 4 aromatic rings. The number of urea groups is 1. The first-order chi connectivity index (χ1) is 18.1. The Morgan fingerprint density at radius 1 is 0.973 bits per heavy atom. The first-order valence-electron chi connectivity index (χ1n) is 13.3. The number of carbonyl (C=O) groups excluding carboxylic acids is 1. The number of aromatic nitrogens is 1. The van der Waals surface area contributed by atoms with Gasteiger partial charge in [-0.1, -0.05) is 42.5 Å². The van der Waals surface area contributed by atoms with Gasteiger partial charge in [0.25, 0.3) is 0 Å². The maximum Gasteiger partial charge on any atom is 0.318 e. The highest BCUT2D eigenvalue weighted by Crippen LogP contribution is 2.44. The van der Waals surface area contributed by atoms with Crippen molar-refractivity contribution in [3.8, 4) is 5.00 Å². The Bertz CT molecular complexity index is 1390. The Morgan fingerprint density at radius 3 is 2.54 bits per heavy atom. The number of anilines is 1. The van der Waals surface area contributed by atoms with E-state index in [1.807, 2.05) is 17.4 Å². The zero-order chi connectivity index (χ0) is 25.4. The maximum absolute atomic E-state index is 13.9. The molecule has 0 bridgehead atoms. The molecule has 2 amide bonds. The van der Waals surface area contributed by atoms with Crippen LogP contribution in [0.2, 0.25) is 0 Å². The van der Waals surface area contributed by atoms with Crippen LogP contribution in [0.4, 0.5) is 10.5 Å². The van der Waals surface area contributed by atoms with Crippen molar-refractivity contribution in [3.05, 3.63) is 106 Å². The average molecular weight is 511 g/mol. The lowest BCUT2D eigenvalue weighted by Gasteiger charge is -2.31. The van der Waals surface area contributed by atoms with Crippen molar-refractivity contribution in [1.29, 1.82) is 0 Å². The van der Waals surface area contributed by atoms with Crippen molar-refractivity contribution < 1.29 is 4.79 Å². The van der Waals surface area contributed by atoms with Gasteiger partial charge in [-0.25, -0.2) is 4.79 Å². The van der Waals surface area contributed by atoms with Crippen molar-refractivity contribution in [2.24, 2.45) is 0 Å². The number of thiophene rings is 1. The van der Waals surface area contributed by atoms with Crippen LogP contribution < -0.4 is 10.2 Å². The summed E-state index contributed by atoms with van der Waals surface area (Å²) in [5.41, 5.74) is 7.48. The molecule has 0 saturated heterocycles. The lowest BCUT2D eigenvalue weighted by atomic mass is 9.95. The van der Waals surface area contributed by atoms with Gasteiger partial charge in [0.05, 0.1) is 18.3 Å². The molecule has 0 fully saturated rings. The molecule has 2 aromatic heterocycles. The minimum atomic E-state index is -0.165. The van der Waals surface area contributed by atoms with Gasteiger partial charge in [0.15, 0.2) is 0 Å². The van der Waals surface area contributed by atoms with Gasteiger partial charge >= 0.3 is 6.03 Å².